The Morgan fingerprint density at radius 3 is 2.71 bits per heavy atom. The summed E-state index contributed by atoms with van der Waals surface area (Å²) < 4.78 is 6.35. The maximum absolute atomic E-state index is 11.1. The summed E-state index contributed by atoms with van der Waals surface area (Å²) >= 11 is 3.32. The van der Waals surface area contributed by atoms with Crippen molar-refractivity contribution in [1.29, 1.82) is 0 Å². The summed E-state index contributed by atoms with van der Waals surface area (Å²) in [4.78, 5) is 11.1. The van der Waals surface area contributed by atoms with Gasteiger partial charge in [0.05, 0.1) is 6.10 Å². The topological polar surface area (TPSA) is 72.6 Å². The van der Waals surface area contributed by atoms with E-state index in [1.807, 2.05) is 6.92 Å². The first-order chi connectivity index (χ1) is 7.95. The molecule has 0 aliphatic rings. The fourth-order valence-electron chi connectivity index (χ4n) is 1.45. The number of ether oxygens (including phenoxy) is 1. The minimum atomic E-state index is -0.679. The number of carbonyl (C=O) groups is 1. The van der Waals surface area contributed by atoms with E-state index < -0.39 is 18.1 Å². The lowest BCUT2D eigenvalue weighted by molar-refractivity contribution is -0.124. The average molecular weight is 302 g/mol. The summed E-state index contributed by atoms with van der Waals surface area (Å²) in [6.07, 6.45) is -0.855. The number of hydrogen-bond acceptors (Lipinski definition) is 3. The zero-order chi connectivity index (χ0) is 13.0. The number of carbonyl (C=O) groups excluding carboxylic acids is 1. The molecule has 0 heterocycles. The highest BCUT2D eigenvalue weighted by molar-refractivity contribution is 9.10. The van der Waals surface area contributed by atoms with Crippen LogP contribution in [0.5, 0.6) is 5.75 Å². The number of primary amides is 1. The predicted molar refractivity (Wildman–Crippen MR) is 68.7 cm³/mol. The molecule has 0 aromatic heterocycles. The molecule has 0 saturated heterocycles. The van der Waals surface area contributed by atoms with Crippen LogP contribution in [0, 0.1) is 0 Å². The molecular formula is C12H16BrNO3. The van der Waals surface area contributed by atoms with Crippen molar-refractivity contribution in [3.8, 4) is 5.75 Å². The van der Waals surface area contributed by atoms with Gasteiger partial charge in [0, 0.05) is 10.0 Å². The molecule has 0 saturated carbocycles. The number of nitrogens with two attached hydrogens (primary N) is 1. The van der Waals surface area contributed by atoms with Crippen LogP contribution in [0.3, 0.4) is 0 Å². The lowest BCUT2D eigenvalue weighted by atomic mass is 10.1. The zero-order valence-electron chi connectivity index (χ0n) is 9.81. The van der Waals surface area contributed by atoms with Crippen LogP contribution in [0.15, 0.2) is 22.7 Å². The second-order valence-corrected chi connectivity index (χ2v) is 4.69. The van der Waals surface area contributed by atoms with Crippen molar-refractivity contribution < 1.29 is 14.6 Å². The quantitative estimate of drug-likeness (QED) is 0.875. The molecule has 3 N–H and O–H groups in total. The van der Waals surface area contributed by atoms with Crippen molar-refractivity contribution in [3.63, 3.8) is 0 Å². The number of amides is 1. The molecule has 5 heteroatoms. The number of aliphatic hydroxyl groups excluding tert-OH is 1. The maximum Gasteiger partial charge on any atom is 0.258 e. The molecule has 0 bridgehead atoms. The van der Waals surface area contributed by atoms with Gasteiger partial charge < -0.3 is 15.6 Å². The van der Waals surface area contributed by atoms with Gasteiger partial charge in [-0.05, 0) is 25.5 Å². The third kappa shape index (κ3) is 3.71. The Morgan fingerprint density at radius 1 is 1.59 bits per heavy atom. The number of hydrogen-bond donors (Lipinski definition) is 2. The number of aliphatic hydroxyl groups is 1. The first-order valence-electron chi connectivity index (χ1n) is 5.39. The number of rotatable bonds is 5. The summed E-state index contributed by atoms with van der Waals surface area (Å²) in [6, 6.07) is 5.27. The Balaban J connectivity index is 3.02. The molecular weight excluding hydrogens is 286 g/mol. The largest absolute Gasteiger partial charge is 0.480 e. The Hall–Kier alpha value is -1.07. The predicted octanol–water partition coefficient (Wildman–Crippen LogP) is 2.15. The minimum absolute atomic E-state index is 0.472. The van der Waals surface area contributed by atoms with E-state index in [9.17, 15) is 9.90 Å². The van der Waals surface area contributed by atoms with Crippen molar-refractivity contribution in [2.45, 2.75) is 32.5 Å². The van der Waals surface area contributed by atoms with Gasteiger partial charge in [-0.1, -0.05) is 28.9 Å². The second-order valence-electron chi connectivity index (χ2n) is 3.78. The third-order valence-corrected chi connectivity index (χ3v) is 2.88. The van der Waals surface area contributed by atoms with Crippen LogP contribution in [0.25, 0.3) is 0 Å². The molecule has 0 spiro atoms. The van der Waals surface area contributed by atoms with Crippen molar-refractivity contribution in [1.82, 2.24) is 0 Å². The summed E-state index contributed by atoms with van der Waals surface area (Å²) in [6.45, 7) is 3.46. The summed E-state index contributed by atoms with van der Waals surface area (Å²) in [7, 11) is 0. The molecule has 1 aromatic carbocycles. The van der Waals surface area contributed by atoms with Gasteiger partial charge in [-0.15, -0.1) is 0 Å². The molecule has 0 aliphatic carbocycles. The molecule has 0 radical (unpaired) electrons. The lowest BCUT2D eigenvalue weighted by Crippen LogP contribution is -2.33. The highest BCUT2D eigenvalue weighted by Gasteiger charge is 2.18. The Bertz CT molecular complexity index is 407. The van der Waals surface area contributed by atoms with Crippen LogP contribution < -0.4 is 10.5 Å². The molecule has 0 aliphatic heterocycles. The molecule has 2 atom stereocenters. The molecule has 2 unspecified atom stereocenters. The Labute approximate surface area is 109 Å². The van der Waals surface area contributed by atoms with E-state index in [-0.39, 0.29) is 0 Å². The van der Waals surface area contributed by atoms with Gasteiger partial charge >= 0.3 is 0 Å². The highest BCUT2D eigenvalue weighted by Crippen LogP contribution is 2.29. The van der Waals surface area contributed by atoms with Crippen LogP contribution in [0.2, 0.25) is 0 Å². The van der Waals surface area contributed by atoms with E-state index in [0.29, 0.717) is 17.7 Å². The highest BCUT2D eigenvalue weighted by atomic mass is 79.9. The summed E-state index contributed by atoms with van der Waals surface area (Å²) in [5, 5.41) is 9.61. The van der Waals surface area contributed by atoms with Gasteiger partial charge in [-0.2, -0.15) is 0 Å². The third-order valence-electron chi connectivity index (χ3n) is 2.38. The Kier molecular flexibility index (Phi) is 4.96. The van der Waals surface area contributed by atoms with Crippen molar-refractivity contribution in [2.75, 3.05) is 0 Å². The van der Waals surface area contributed by atoms with Crippen molar-refractivity contribution in [2.24, 2.45) is 5.73 Å². The molecule has 1 aromatic rings. The van der Waals surface area contributed by atoms with Crippen molar-refractivity contribution >= 4 is 21.8 Å². The van der Waals surface area contributed by atoms with Crippen molar-refractivity contribution in [3.05, 3.63) is 28.2 Å². The monoisotopic (exact) mass is 301 g/mol. The Morgan fingerprint density at radius 2 is 2.24 bits per heavy atom. The van der Waals surface area contributed by atoms with E-state index in [2.05, 4.69) is 15.9 Å². The molecule has 4 nitrogen and oxygen atoms in total. The molecule has 0 fully saturated rings. The zero-order valence-corrected chi connectivity index (χ0v) is 11.4. The van der Waals surface area contributed by atoms with Crippen LogP contribution in [-0.4, -0.2) is 17.1 Å². The molecule has 17 heavy (non-hydrogen) atoms. The number of benzene rings is 1. The van der Waals surface area contributed by atoms with Crippen LogP contribution in [0.1, 0.15) is 31.9 Å². The van der Waals surface area contributed by atoms with E-state index in [1.54, 1.807) is 25.1 Å². The van der Waals surface area contributed by atoms with Gasteiger partial charge in [0.1, 0.15) is 5.75 Å². The van der Waals surface area contributed by atoms with E-state index >= 15 is 0 Å². The summed E-state index contributed by atoms with van der Waals surface area (Å²) in [5.41, 5.74) is 5.85. The fraction of sp³-hybridized carbons (Fsp3) is 0.417. The van der Waals surface area contributed by atoms with Gasteiger partial charge in [-0.25, -0.2) is 0 Å². The maximum atomic E-state index is 11.1. The van der Waals surface area contributed by atoms with E-state index in [4.69, 9.17) is 10.5 Å². The SMILES string of the molecule is CCC(Oc1cc(Br)ccc1C(C)O)C(N)=O. The fourth-order valence-corrected chi connectivity index (χ4v) is 1.79. The standard InChI is InChI=1S/C12H16BrNO3/c1-3-10(12(14)16)17-11-6-8(13)4-5-9(11)7(2)15/h4-7,10,15H,3H2,1-2H3,(H2,14,16). The van der Waals surface area contributed by atoms with Gasteiger partial charge in [-0.3, -0.25) is 4.79 Å². The van der Waals surface area contributed by atoms with Gasteiger partial charge in [0.2, 0.25) is 0 Å². The first kappa shape index (κ1) is 14.0. The smallest absolute Gasteiger partial charge is 0.258 e. The van der Waals surface area contributed by atoms with Crippen LogP contribution in [0.4, 0.5) is 0 Å². The normalized spacial score (nSPS) is 14.1. The van der Waals surface area contributed by atoms with Gasteiger partial charge in [0.25, 0.3) is 5.91 Å². The molecule has 94 valence electrons. The van der Waals surface area contributed by atoms with Crippen LogP contribution >= 0.6 is 15.9 Å². The molecule has 1 amide bonds. The minimum Gasteiger partial charge on any atom is -0.480 e. The average Bonchev–Trinajstić information content (AvgIpc) is 2.25. The number of halogens is 1. The first-order valence-corrected chi connectivity index (χ1v) is 6.18. The molecule has 1 rings (SSSR count). The summed E-state index contributed by atoms with van der Waals surface area (Å²) in [5.74, 6) is -0.0379. The van der Waals surface area contributed by atoms with E-state index in [1.165, 1.54) is 0 Å². The van der Waals surface area contributed by atoms with Gasteiger partial charge in [0.15, 0.2) is 6.10 Å². The lowest BCUT2D eigenvalue weighted by Gasteiger charge is -2.18. The van der Waals surface area contributed by atoms with Crippen LogP contribution in [-0.2, 0) is 4.79 Å². The van der Waals surface area contributed by atoms with E-state index in [0.717, 1.165) is 4.47 Å². The second kappa shape index (κ2) is 6.02.